The molecule has 0 unspecified atom stereocenters. The van der Waals surface area contributed by atoms with Crippen molar-refractivity contribution in [2.45, 2.75) is 33.2 Å². The summed E-state index contributed by atoms with van der Waals surface area (Å²) < 4.78 is 4.98. The monoisotopic (exact) mass is 497 g/mol. The standard InChI is InChI=1S/C15H21Br2NO2S2Si/c1-4-11-23(14-9-7-12(16)21-14,15-10-8-13(17)22-15)18(19-5-2)20-6-3/h7-10H,4-6,11H2,1-3H3. The molecule has 0 atom stereocenters. The van der Waals surface area contributed by atoms with Crippen LogP contribution in [0.3, 0.4) is 0 Å². The van der Waals surface area contributed by atoms with Crippen molar-refractivity contribution in [2.24, 2.45) is 0 Å². The molecule has 0 saturated heterocycles. The molecule has 0 aromatic carbocycles. The average molecular weight is 499 g/mol. The highest BCUT2D eigenvalue weighted by Crippen LogP contribution is 2.29. The zero-order valence-electron chi connectivity index (χ0n) is 13.5. The molecule has 0 bridgehead atoms. The van der Waals surface area contributed by atoms with Crippen molar-refractivity contribution in [1.29, 1.82) is 0 Å². The zero-order valence-corrected chi connectivity index (χ0v) is 19.3. The van der Waals surface area contributed by atoms with Gasteiger partial charge in [-0.05, 0) is 76.0 Å². The zero-order chi connectivity index (χ0) is 16.9. The van der Waals surface area contributed by atoms with Crippen LogP contribution in [0.15, 0.2) is 31.8 Å². The maximum absolute atomic E-state index is 5.98. The Labute approximate surface area is 163 Å². The Balaban J connectivity index is 2.62. The first-order valence-electron chi connectivity index (χ1n) is 7.66. The van der Waals surface area contributed by atoms with E-state index in [1.54, 1.807) is 22.7 Å². The molecule has 2 aromatic heterocycles. The van der Waals surface area contributed by atoms with Crippen LogP contribution < -0.4 is 9.00 Å². The van der Waals surface area contributed by atoms with Crippen molar-refractivity contribution in [1.82, 2.24) is 4.89 Å². The van der Waals surface area contributed by atoms with Crippen molar-refractivity contribution in [2.75, 3.05) is 13.2 Å². The SMILES string of the molecule is CCC[Si](c1ccc(Br)s1)(c1ccc(Br)s1)N(OCC)OCC. The Morgan fingerprint density at radius 2 is 1.39 bits per heavy atom. The van der Waals surface area contributed by atoms with Gasteiger partial charge in [0.2, 0.25) is 0 Å². The predicted octanol–water partition coefficient (Wildman–Crippen LogP) is 5.01. The lowest BCUT2D eigenvalue weighted by Gasteiger charge is -2.38. The second-order valence-corrected chi connectivity index (χ2v) is 14.2. The summed E-state index contributed by atoms with van der Waals surface area (Å²) in [5, 5.41) is 0. The third-order valence-corrected chi connectivity index (χ3v) is 13.0. The average Bonchev–Trinajstić information content (AvgIpc) is 3.14. The van der Waals surface area contributed by atoms with Gasteiger partial charge in [0.15, 0.2) is 0 Å². The molecule has 128 valence electrons. The van der Waals surface area contributed by atoms with Crippen molar-refractivity contribution in [3.8, 4) is 0 Å². The van der Waals surface area contributed by atoms with Gasteiger partial charge >= 0.3 is 0 Å². The van der Waals surface area contributed by atoms with Gasteiger partial charge in [0.1, 0.15) is 0 Å². The Bertz CT molecular complexity index is 574. The molecule has 0 saturated carbocycles. The summed E-state index contributed by atoms with van der Waals surface area (Å²) in [4.78, 5) is 13.8. The van der Waals surface area contributed by atoms with Gasteiger partial charge in [0.25, 0.3) is 8.24 Å². The molecule has 2 heterocycles. The molecule has 2 aromatic rings. The van der Waals surface area contributed by atoms with Crippen LogP contribution in [0.25, 0.3) is 0 Å². The van der Waals surface area contributed by atoms with Crippen LogP contribution >= 0.6 is 54.5 Å². The Morgan fingerprint density at radius 1 is 0.913 bits per heavy atom. The van der Waals surface area contributed by atoms with Crippen LogP contribution in [0.5, 0.6) is 0 Å². The van der Waals surface area contributed by atoms with Gasteiger partial charge in [-0.15, -0.1) is 22.7 Å². The van der Waals surface area contributed by atoms with E-state index in [1.807, 2.05) is 18.7 Å². The fourth-order valence-corrected chi connectivity index (χ4v) is 13.1. The van der Waals surface area contributed by atoms with Crippen LogP contribution in [0.1, 0.15) is 27.2 Å². The molecule has 0 aliphatic rings. The number of hydrogen-bond donors (Lipinski definition) is 0. The first-order chi connectivity index (χ1) is 11.1. The maximum atomic E-state index is 5.98. The molecule has 0 spiro atoms. The van der Waals surface area contributed by atoms with E-state index in [4.69, 9.17) is 9.68 Å². The van der Waals surface area contributed by atoms with Crippen LogP contribution in [-0.2, 0) is 9.68 Å². The summed E-state index contributed by atoms with van der Waals surface area (Å²) in [6.07, 6.45) is 1.08. The Morgan fingerprint density at radius 3 is 1.70 bits per heavy atom. The van der Waals surface area contributed by atoms with Gasteiger partial charge in [-0.2, -0.15) is 0 Å². The quantitative estimate of drug-likeness (QED) is 0.358. The molecule has 0 fully saturated rings. The maximum Gasteiger partial charge on any atom is 0.278 e. The lowest BCUT2D eigenvalue weighted by atomic mass is 10.6. The molecule has 23 heavy (non-hydrogen) atoms. The number of rotatable bonds is 9. The lowest BCUT2D eigenvalue weighted by molar-refractivity contribution is -0.307. The molecule has 8 heteroatoms. The summed E-state index contributed by atoms with van der Waals surface area (Å²) in [6, 6.07) is 9.73. The van der Waals surface area contributed by atoms with E-state index in [-0.39, 0.29) is 0 Å². The molecule has 0 amide bonds. The third-order valence-electron chi connectivity index (χ3n) is 3.38. The van der Waals surface area contributed by atoms with E-state index in [2.05, 4.69) is 63.0 Å². The van der Waals surface area contributed by atoms with Gasteiger partial charge in [-0.3, -0.25) is 9.68 Å². The molecule has 0 radical (unpaired) electrons. The second kappa shape index (κ2) is 9.24. The molecule has 3 nitrogen and oxygen atoms in total. The lowest BCUT2D eigenvalue weighted by Crippen LogP contribution is -2.68. The van der Waals surface area contributed by atoms with E-state index in [9.17, 15) is 0 Å². The Kier molecular flexibility index (Phi) is 7.94. The van der Waals surface area contributed by atoms with Crippen LogP contribution in [0.4, 0.5) is 0 Å². The van der Waals surface area contributed by atoms with E-state index in [0.717, 1.165) is 20.0 Å². The van der Waals surface area contributed by atoms with Crippen molar-refractivity contribution in [3.63, 3.8) is 0 Å². The highest BCUT2D eigenvalue weighted by molar-refractivity contribution is 9.11. The molecule has 0 aliphatic carbocycles. The van der Waals surface area contributed by atoms with E-state index in [0.29, 0.717) is 13.2 Å². The van der Waals surface area contributed by atoms with E-state index in [1.165, 1.54) is 9.00 Å². The highest BCUT2D eigenvalue weighted by atomic mass is 79.9. The van der Waals surface area contributed by atoms with Crippen LogP contribution in [0.2, 0.25) is 6.04 Å². The molecular formula is C15H21Br2NO2S2Si. The summed E-state index contributed by atoms with van der Waals surface area (Å²) >= 11 is 10.8. The summed E-state index contributed by atoms with van der Waals surface area (Å²) in [5.41, 5.74) is 0. The van der Waals surface area contributed by atoms with Crippen LogP contribution in [0, 0.1) is 0 Å². The first-order valence-corrected chi connectivity index (χ1v) is 13.0. The highest BCUT2D eigenvalue weighted by Gasteiger charge is 2.48. The molecule has 0 aliphatic heterocycles. The van der Waals surface area contributed by atoms with Crippen LogP contribution in [-0.4, -0.2) is 26.3 Å². The van der Waals surface area contributed by atoms with Gasteiger partial charge in [-0.1, -0.05) is 18.2 Å². The van der Waals surface area contributed by atoms with Crippen molar-refractivity contribution in [3.05, 3.63) is 31.8 Å². The van der Waals surface area contributed by atoms with Crippen molar-refractivity contribution < 1.29 is 9.68 Å². The normalized spacial score (nSPS) is 12.3. The Hall–Kier alpha value is 0.457. The smallest absolute Gasteiger partial charge is 0.278 e. The molecule has 2 rings (SSSR count). The minimum absolute atomic E-state index is 0.595. The molecule has 0 N–H and O–H groups in total. The number of halogens is 2. The largest absolute Gasteiger partial charge is 0.281 e. The van der Waals surface area contributed by atoms with E-state index < -0.39 is 8.24 Å². The van der Waals surface area contributed by atoms with Gasteiger partial charge in [-0.25, -0.2) is 0 Å². The minimum atomic E-state index is -2.31. The first kappa shape index (κ1) is 19.8. The summed E-state index contributed by atoms with van der Waals surface area (Å²) in [5.74, 6) is 0. The van der Waals surface area contributed by atoms with Crippen molar-refractivity contribution >= 4 is 71.8 Å². The van der Waals surface area contributed by atoms with Gasteiger partial charge in [0, 0.05) is 9.00 Å². The van der Waals surface area contributed by atoms with Gasteiger partial charge in [0.05, 0.1) is 20.8 Å². The molecular weight excluding hydrogens is 478 g/mol. The fourth-order valence-electron chi connectivity index (χ4n) is 2.57. The second-order valence-electron chi connectivity index (χ2n) is 4.91. The number of hydrogen-bond acceptors (Lipinski definition) is 5. The summed E-state index contributed by atoms with van der Waals surface area (Å²) in [6.45, 7) is 7.43. The summed E-state index contributed by atoms with van der Waals surface area (Å²) in [7, 11) is -2.31. The topological polar surface area (TPSA) is 21.7 Å². The number of thiophene rings is 2. The minimum Gasteiger partial charge on any atom is -0.281 e. The predicted molar refractivity (Wildman–Crippen MR) is 109 cm³/mol. The van der Waals surface area contributed by atoms with E-state index >= 15 is 0 Å². The fraction of sp³-hybridized carbons (Fsp3) is 0.467. The third kappa shape index (κ3) is 4.35. The van der Waals surface area contributed by atoms with Gasteiger partial charge < -0.3 is 0 Å². The number of nitrogens with zero attached hydrogens (tertiary/aromatic N) is 1.